The molecule has 21 heavy (non-hydrogen) atoms. The van der Waals surface area contributed by atoms with E-state index in [1.54, 1.807) is 25.1 Å². The van der Waals surface area contributed by atoms with Crippen LogP contribution in [0.5, 0.6) is 17.2 Å². The van der Waals surface area contributed by atoms with E-state index in [4.69, 9.17) is 18.9 Å². The van der Waals surface area contributed by atoms with Gasteiger partial charge in [-0.2, -0.15) is 0 Å². The van der Waals surface area contributed by atoms with Crippen molar-refractivity contribution in [3.63, 3.8) is 0 Å². The minimum Gasteiger partial charge on any atom is -0.493 e. The van der Waals surface area contributed by atoms with Crippen LogP contribution in [0.25, 0.3) is 0 Å². The van der Waals surface area contributed by atoms with Gasteiger partial charge in [-0.25, -0.2) is 0 Å². The summed E-state index contributed by atoms with van der Waals surface area (Å²) in [6, 6.07) is 5.07. The van der Waals surface area contributed by atoms with Crippen LogP contribution < -0.4 is 14.2 Å². The van der Waals surface area contributed by atoms with Gasteiger partial charge in [0.15, 0.2) is 11.5 Å². The average molecular weight is 296 g/mol. The fourth-order valence-corrected chi connectivity index (χ4v) is 1.69. The first-order valence-corrected chi connectivity index (χ1v) is 6.69. The minimum atomic E-state index is -0.456. The second-order valence-corrected chi connectivity index (χ2v) is 4.12. The first-order chi connectivity index (χ1) is 10.1. The van der Waals surface area contributed by atoms with E-state index in [0.717, 1.165) is 0 Å². The Kier molecular flexibility index (Phi) is 7.08. The number of methoxy groups -OCH3 is 2. The number of benzene rings is 1. The molecule has 0 aliphatic heterocycles. The molecule has 1 aromatic rings. The first kappa shape index (κ1) is 16.8. The molecule has 0 saturated carbocycles. The van der Waals surface area contributed by atoms with Crippen LogP contribution in [0, 0.1) is 0 Å². The maximum Gasteiger partial charge on any atom is 0.311 e. The molecule has 0 saturated heterocycles. The molecule has 0 unspecified atom stereocenters. The molecule has 1 aromatic carbocycles. The summed E-state index contributed by atoms with van der Waals surface area (Å²) in [4.78, 5) is 23.0. The lowest BCUT2D eigenvalue weighted by Gasteiger charge is -2.12. The number of esters is 2. The molecule has 0 aromatic heterocycles. The Morgan fingerprint density at radius 2 is 1.57 bits per heavy atom. The van der Waals surface area contributed by atoms with Gasteiger partial charge in [0.2, 0.25) is 5.75 Å². The van der Waals surface area contributed by atoms with E-state index in [-0.39, 0.29) is 24.6 Å². The Morgan fingerprint density at radius 3 is 2.10 bits per heavy atom. The Bertz CT molecular complexity index is 461. The summed E-state index contributed by atoms with van der Waals surface area (Å²) >= 11 is 0. The van der Waals surface area contributed by atoms with Gasteiger partial charge in [-0.05, 0) is 25.5 Å². The summed E-state index contributed by atoms with van der Waals surface area (Å²) < 4.78 is 20.3. The molecular formula is C15H20O6. The second-order valence-electron chi connectivity index (χ2n) is 4.12. The smallest absolute Gasteiger partial charge is 0.311 e. The highest BCUT2D eigenvalue weighted by atomic mass is 16.6. The number of carbonyl (C=O) groups is 2. The van der Waals surface area contributed by atoms with Crippen molar-refractivity contribution in [2.24, 2.45) is 0 Å². The van der Waals surface area contributed by atoms with Crippen molar-refractivity contribution >= 4 is 11.9 Å². The SMILES string of the molecule is CCOC(=O)CCCC(=O)Oc1c(OC)cccc1OC. The lowest BCUT2D eigenvalue weighted by molar-refractivity contribution is -0.143. The number of hydrogen-bond donors (Lipinski definition) is 0. The molecule has 0 amide bonds. The lowest BCUT2D eigenvalue weighted by Crippen LogP contribution is -2.11. The van der Waals surface area contributed by atoms with Crippen molar-refractivity contribution < 1.29 is 28.5 Å². The van der Waals surface area contributed by atoms with Crippen LogP contribution in [0.1, 0.15) is 26.2 Å². The van der Waals surface area contributed by atoms with Gasteiger partial charge in [-0.3, -0.25) is 9.59 Å². The third-order valence-electron chi connectivity index (χ3n) is 2.67. The molecule has 0 fully saturated rings. The van der Waals surface area contributed by atoms with Gasteiger partial charge in [0, 0.05) is 12.8 Å². The molecule has 6 heteroatoms. The van der Waals surface area contributed by atoms with Gasteiger partial charge >= 0.3 is 11.9 Å². The zero-order valence-electron chi connectivity index (χ0n) is 12.5. The summed E-state index contributed by atoms with van der Waals surface area (Å²) in [5.74, 6) is 0.284. The van der Waals surface area contributed by atoms with Crippen LogP contribution in [0.15, 0.2) is 18.2 Å². The maximum atomic E-state index is 11.8. The number of rotatable bonds is 8. The highest BCUT2D eigenvalue weighted by Crippen LogP contribution is 2.37. The third kappa shape index (κ3) is 5.33. The largest absolute Gasteiger partial charge is 0.493 e. The van der Waals surface area contributed by atoms with Gasteiger partial charge in [-0.1, -0.05) is 6.07 Å². The Balaban J connectivity index is 2.57. The molecule has 1 rings (SSSR count). The fourth-order valence-electron chi connectivity index (χ4n) is 1.69. The Hall–Kier alpha value is -2.24. The van der Waals surface area contributed by atoms with Gasteiger partial charge in [0.25, 0.3) is 0 Å². The molecule has 6 nitrogen and oxygen atoms in total. The van der Waals surface area contributed by atoms with Gasteiger partial charge < -0.3 is 18.9 Å². The van der Waals surface area contributed by atoms with Crippen molar-refractivity contribution in [1.29, 1.82) is 0 Å². The second kappa shape index (κ2) is 8.84. The van der Waals surface area contributed by atoms with E-state index in [9.17, 15) is 9.59 Å². The van der Waals surface area contributed by atoms with Crippen molar-refractivity contribution in [3.05, 3.63) is 18.2 Å². The molecule has 0 aliphatic rings. The van der Waals surface area contributed by atoms with Crippen LogP contribution in [0.3, 0.4) is 0 Å². The van der Waals surface area contributed by atoms with E-state index in [1.807, 2.05) is 0 Å². The van der Waals surface area contributed by atoms with Gasteiger partial charge in [0.1, 0.15) is 0 Å². The van der Waals surface area contributed by atoms with Crippen LogP contribution in [0.4, 0.5) is 0 Å². The third-order valence-corrected chi connectivity index (χ3v) is 2.67. The molecule has 0 heterocycles. The molecular weight excluding hydrogens is 276 g/mol. The quantitative estimate of drug-likeness (QED) is 0.541. The van der Waals surface area contributed by atoms with E-state index in [2.05, 4.69) is 0 Å². The summed E-state index contributed by atoms with van der Waals surface area (Å²) in [6.07, 6.45) is 0.668. The number of hydrogen-bond acceptors (Lipinski definition) is 6. The Morgan fingerprint density at radius 1 is 1.00 bits per heavy atom. The molecule has 0 bridgehead atoms. The van der Waals surface area contributed by atoms with E-state index in [1.165, 1.54) is 14.2 Å². The topological polar surface area (TPSA) is 71.1 Å². The van der Waals surface area contributed by atoms with Gasteiger partial charge in [-0.15, -0.1) is 0 Å². The van der Waals surface area contributed by atoms with Gasteiger partial charge in [0.05, 0.1) is 20.8 Å². The molecule has 0 spiro atoms. The van der Waals surface area contributed by atoms with Crippen LogP contribution >= 0.6 is 0 Å². The highest BCUT2D eigenvalue weighted by molar-refractivity contribution is 5.75. The summed E-state index contributed by atoms with van der Waals surface area (Å²) in [5.41, 5.74) is 0. The molecule has 0 aliphatic carbocycles. The fraction of sp³-hybridized carbons (Fsp3) is 0.467. The van der Waals surface area contributed by atoms with Crippen LogP contribution in [-0.4, -0.2) is 32.8 Å². The zero-order chi connectivity index (χ0) is 15.7. The molecule has 0 N–H and O–H groups in total. The maximum absolute atomic E-state index is 11.8. The molecule has 0 radical (unpaired) electrons. The zero-order valence-corrected chi connectivity index (χ0v) is 12.5. The normalized spacial score (nSPS) is 9.86. The van der Waals surface area contributed by atoms with Crippen molar-refractivity contribution in [1.82, 2.24) is 0 Å². The number of ether oxygens (including phenoxy) is 4. The van der Waals surface area contributed by atoms with E-state index in [0.29, 0.717) is 24.5 Å². The predicted octanol–water partition coefficient (Wildman–Crippen LogP) is 2.34. The number of para-hydroxylation sites is 1. The highest BCUT2D eigenvalue weighted by Gasteiger charge is 2.15. The summed E-state index contributed by atoms with van der Waals surface area (Å²) in [6.45, 7) is 2.07. The predicted molar refractivity (Wildman–Crippen MR) is 75.7 cm³/mol. The van der Waals surface area contributed by atoms with E-state index >= 15 is 0 Å². The first-order valence-electron chi connectivity index (χ1n) is 6.69. The Labute approximate surface area is 123 Å². The van der Waals surface area contributed by atoms with Crippen LogP contribution in [-0.2, 0) is 14.3 Å². The van der Waals surface area contributed by atoms with Crippen molar-refractivity contribution in [2.45, 2.75) is 26.2 Å². The monoisotopic (exact) mass is 296 g/mol. The average Bonchev–Trinajstić information content (AvgIpc) is 2.47. The molecule has 116 valence electrons. The molecule has 0 atom stereocenters. The number of carbonyl (C=O) groups excluding carboxylic acids is 2. The summed E-state index contributed by atoms with van der Waals surface area (Å²) in [7, 11) is 2.96. The minimum absolute atomic E-state index is 0.111. The lowest BCUT2D eigenvalue weighted by atomic mass is 10.2. The van der Waals surface area contributed by atoms with Crippen molar-refractivity contribution in [3.8, 4) is 17.2 Å². The summed E-state index contributed by atoms with van der Waals surface area (Å²) in [5, 5.41) is 0. The van der Waals surface area contributed by atoms with Crippen molar-refractivity contribution in [2.75, 3.05) is 20.8 Å². The standard InChI is InChI=1S/C15H20O6/c1-4-20-13(16)9-6-10-14(17)21-15-11(18-2)7-5-8-12(15)19-3/h5,7-8H,4,6,9-10H2,1-3H3. The van der Waals surface area contributed by atoms with Crippen LogP contribution in [0.2, 0.25) is 0 Å². The van der Waals surface area contributed by atoms with E-state index < -0.39 is 5.97 Å².